The molecule has 2 aliphatic heterocycles. The van der Waals surface area contributed by atoms with Crippen LogP contribution in [0.2, 0.25) is 0 Å². The number of unbranched alkanes of at least 4 members (excludes halogenated alkanes) is 5. The van der Waals surface area contributed by atoms with Gasteiger partial charge in [0.2, 0.25) is 0 Å². The summed E-state index contributed by atoms with van der Waals surface area (Å²) in [6, 6.07) is 5.84. The van der Waals surface area contributed by atoms with Crippen molar-refractivity contribution in [3.8, 4) is 0 Å². The van der Waals surface area contributed by atoms with Gasteiger partial charge in [0.15, 0.2) is 0 Å². The average Bonchev–Trinajstić information content (AvgIpc) is 3.06. The Labute approximate surface area is 194 Å². The molecule has 9 heteroatoms. The standard InChI is InChI=1S/C24H34N4O5/c1-2-3-4-5-6-7-12-27-23(30)21(19-8-10-20(11-9-19)28(32)33)22(24(27)31)26-15-13-25(14-16-26)17-18-29/h8-11,29H,2-7,12-18H2,1H3. The van der Waals surface area contributed by atoms with E-state index in [1.807, 2.05) is 4.90 Å². The summed E-state index contributed by atoms with van der Waals surface area (Å²) in [6.45, 7) is 5.75. The third kappa shape index (κ3) is 5.97. The highest BCUT2D eigenvalue weighted by Gasteiger charge is 2.41. The van der Waals surface area contributed by atoms with E-state index in [1.54, 1.807) is 12.1 Å². The molecule has 0 atom stereocenters. The van der Waals surface area contributed by atoms with E-state index in [0.29, 0.717) is 56.1 Å². The summed E-state index contributed by atoms with van der Waals surface area (Å²) in [5.74, 6) is -0.604. The molecule has 180 valence electrons. The zero-order valence-electron chi connectivity index (χ0n) is 19.4. The number of hydrogen-bond acceptors (Lipinski definition) is 7. The molecule has 1 saturated heterocycles. The van der Waals surface area contributed by atoms with E-state index in [9.17, 15) is 24.8 Å². The molecule has 9 nitrogen and oxygen atoms in total. The maximum atomic E-state index is 13.4. The zero-order chi connectivity index (χ0) is 23.8. The van der Waals surface area contributed by atoms with Crippen LogP contribution in [-0.4, -0.2) is 82.4 Å². The van der Waals surface area contributed by atoms with Gasteiger partial charge in [0, 0.05) is 51.4 Å². The van der Waals surface area contributed by atoms with E-state index < -0.39 is 4.92 Å². The summed E-state index contributed by atoms with van der Waals surface area (Å²) in [5.41, 5.74) is 1.19. The minimum atomic E-state index is -0.480. The minimum Gasteiger partial charge on any atom is -0.395 e. The molecular weight excluding hydrogens is 424 g/mol. The average molecular weight is 459 g/mol. The first kappa shape index (κ1) is 24.9. The molecule has 0 radical (unpaired) electrons. The number of amides is 2. The Kier molecular flexibility index (Phi) is 8.96. The second kappa shape index (κ2) is 11.9. The topological polar surface area (TPSA) is 107 Å². The lowest BCUT2D eigenvalue weighted by Crippen LogP contribution is -2.48. The van der Waals surface area contributed by atoms with Crippen LogP contribution in [0, 0.1) is 10.1 Å². The number of piperazine rings is 1. The maximum Gasteiger partial charge on any atom is 0.277 e. The number of nitro benzene ring substituents is 1. The number of nitrogens with zero attached hydrogens (tertiary/aromatic N) is 4. The number of hydrogen-bond donors (Lipinski definition) is 1. The van der Waals surface area contributed by atoms with Gasteiger partial charge in [0.1, 0.15) is 5.70 Å². The van der Waals surface area contributed by atoms with Gasteiger partial charge in [-0.3, -0.25) is 29.5 Å². The molecule has 2 aliphatic rings. The van der Waals surface area contributed by atoms with Crippen molar-refractivity contribution in [3.05, 3.63) is 45.6 Å². The number of imide groups is 1. The van der Waals surface area contributed by atoms with Crippen LogP contribution in [0.4, 0.5) is 5.69 Å². The highest BCUT2D eigenvalue weighted by Crippen LogP contribution is 2.33. The highest BCUT2D eigenvalue weighted by molar-refractivity contribution is 6.35. The van der Waals surface area contributed by atoms with Crippen LogP contribution in [-0.2, 0) is 9.59 Å². The number of β-amino-alcohol motifs (C(OH)–C–C–N with tert-alkyl or cyclic N) is 1. The molecule has 2 heterocycles. The van der Waals surface area contributed by atoms with Gasteiger partial charge >= 0.3 is 0 Å². The minimum absolute atomic E-state index is 0.0563. The zero-order valence-corrected chi connectivity index (χ0v) is 19.4. The molecule has 33 heavy (non-hydrogen) atoms. The smallest absolute Gasteiger partial charge is 0.277 e. The Morgan fingerprint density at radius 1 is 0.909 bits per heavy atom. The molecule has 0 spiro atoms. The Hall–Kier alpha value is -2.78. The molecule has 1 fully saturated rings. The van der Waals surface area contributed by atoms with Crippen molar-refractivity contribution in [1.29, 1.82) is 0 Å². The van der Waals surface area contributed by atoms with Crippen molar-refractivity contribution in [2.24, 2.45) is 0 Å². The number of aliphatic hydroxyl groups is 1. The van der Waals surface area contributed by atoms with Gasteiger partial charge in [0.25, 0.3) is 17.5 Å². The van der Waals surface area contributed by atoms with Crippen LogP contribution in [0.5, 0.6) is 0 Å². The van der Waals surface area contributed by atoms with Crippen LogP contribution in [0.3, 0.4) is 0 Å². The first-order valence-corrected chi connectivity index (χ1v) is 11.9. The highest BCUT2D eigenvalue weighted by atomic mass is 16.6. The number of carbonyl (C=O) groups is 2. The number of nitro groups is 1. The van der Waals surface area contributed by atoms with Crippen LogP contribution in [0.25, 0.3) is 5.57 Å². The van der Waals surface area contributed by atoms with Gasteiger partial charge in [-0.1, -0.05) is 39.0 Å². The van der Waals surface area contributed by atoms with Crippen molar-refractivity contribution in [1.82, 2.24) is 14.7 Å². The second-order valence-corrected chi connectivity index (χ2v) is 8.61. The Morgan fingerprint density at radius 2 is 1.55 bits per heavy atom. The summed E-state index contributed by atoms with van der Waals surface area (Å²) in [4.78, 5) is 42.7. The normalized spacial score (nSPS) is 17.4. The van der Waals surface area contributed by atoms with E-state index in [0.717, 1.165) is 25.7 Å². The van der Waals surface area contributed by atoms with E-state index in [1.165, 1.54) is 29.9 Å². The Balaban J connectivity index is 1.80. The van der Waals surface area contributed by atoms with Gasteiger partial charge in [-0.25, -0.2) is 0 Å². The summed E-state index contributed by atoms with van der Waals surface area (Å²) < 4.78 is 0. The van der Waals surface area contributed by atoms with E-state index in [2.05, 4.69) is 11.8 Å². The van der Waals surface area contributed by atoms with E-state index in [4.69, 9.17) is 0 Å². The molecule has 0 saturated carbocycles. The van der Waals surface area contributed by atoms with Gasteiger partial charge in [-0.05, 0) is 24.1 Å². The fraction of sp³-hybridized carbons (Fsp3) is 0.583. The first-order chi connectivity index (χ1) is 16.0. The third-order valence-electron chi connectivity index (χ3n) is 6.35. The van der Waals surface area contributed by atoms with E-state index >= 15 is 0 Å². The van der Waals surface area contributed by atoms with Gasteiger partial charge in [0.05, 0.1) is 17.1 Å². The summed E-state index contributed by atoms with van der Waals surface area (Å²) >= 11 is 0. The molecular formula is C24H34N4O5. The van der Waals surface area contributed by atoms with Crippen molar-refractivity contribution in [3.63, 3.8) is 0 Å². The number of non-ortho nitro benzene ring substituents is 1. The summed E-state index contributed by atoms with van der Waals surface area (Å²) in [6.07, 6.45) is 6.35. The molecule has 1 N–H and O–H groups in total. The fourth-order valence-corrected chi connectivity index (χ4v) is 4.46. The Morgan fingerprint density at radius 3 is 2.15 bits per heavy atom. The molecule has 3 rings (SSSR count). The van der Waals surface area contributed by atoms with Crippen molar-refractivity contribution in [2.75, 3.05) is 45.9 Å². The molecule has 0 bridgehead atoms. The van der Waals surface area contributed by atoms with Gasteiger partial charge < -0.3 is 10.0 Å². The SMILES string of the molecule is CCCCCCCCN1C(=O)C(c2ccc([N+](=O)[O-])cc2)=C(N2CCN(CCO)CC2)C1=O. The van der Waals surface area contributed by atoms with Gasteiger partial charge in [-0.2, -0.15) is 0 Å². The monoisotopic (exact) mass is 458 g/mol. The molecule has 1 aromatic carbocycles. The van der Waals surface area contributed by atoms with Crippen molar-refractivity contribution >= 4 is 23.1 Å². The predicted octanol–water partition coefficient (Wildman–Crippen LogP) is 2.65. The number of carbonyl (C=O) groups excluding carboxylic acids is 2. The number of benzene rings is 1. The molecule has 0 unspecified atom stereocenters. The lowest BCUT2D eigenvalue weighted by atomic mass is 10.0. The summed E-state index contributed by atoms with van der Waals surface area (Å²) in [7, 11) is 0. The molecule has 1 aromatic rings. The largest absolute Gasteiger partial charge is 0.395 e. The lowest BCUT2D eigenvalue weighted by Gasteiger charge is -2.36. The fourth-order valence-electron chi connectivity index (χ4n) is 4.46. The number of aliphatic hydroxyl groups excluding tert-OH is 1. The Bertz CT molecular complexity index is 875. The van der Waals surface area contributed by atoms with E-state index in [-0.39, 0.29) is 24.1 Å². The summed E-state index contributed by atoms with van der Waals surface area (Å²) in [5, 5.41) is 20.2. The lowest BCUT2D eigenvalue weighted by molar-refractivity contribution is -0.384. The maximum absolute atomic E-state index is 13.4. The molecule has 2 amide bonds. The van der Waals surface area contributed by atoms with Crippen LogP contribution >= 0.6 is 0 Å². The van der Waals surface area contributed by atoms with Crippen LogP contribution in [0.1, 0.15) is 51.0 Å². The van der Waals surface area contributed by atoms with Gasteiger partial charge in [-0.15, -0.1) is 0 Å². The molecule has 0 aliphatic carbocycles. The van der Waals surface area contributed by atoms with Crippen LogP contribution < -0.4 is 0 Å². The third-order valence-corrected chi connectivity index (χ3v) is 6.35. The van der Waals surface area contributed by atoms with Crippen LogP contribution in [0.15, 0.2) is 30.0 Å². The predicted molar refractivity (Wildman–Crippen MR) is 125 cm³/mol. The quantitative estimate of drug-likeness (QED) is 0.222. The second-order valence-electron chi connectivity index (χ2n) is 8.61. The first-order valence-electron chi connectivity index (χ1n) is 11.9. The number of rotatable bonds is 12. The molecule has 0 aromatic heterocycles. The van der Waals surface area contributed by atoms with Crippen molar-refractivity contribution < 1.29 is 19.6 Å². The van der Waals surface area contributed by atoms with Crippen molar-refractivity contribution in [2.45, 2.75) is 45.4 Å².